The Balaban J connectivity index is 2.18. The van der Waals surface area contributed by atoms with Gasteiger partial charge in [-0.05, 0) is 19.1 Å². The van der Waals surface area contributed by atoms with E-state index in [1.165, 1.54) is 0 Å². The minimum atomic E-state index is -0.184. The quantitative estimate of drug-likeness (QED) is 0.715. The molecule has 0 unspecified atom stereocenters. The highest BCUT2D eigenvalue weighted by atomic mass is 16.5. The normalized spacial score (nSPS) is 12.1. The predicted octanol–water partition coefficient (Wildman–Crippen LogP) is 1.16. The van der Waals surface area contributed by atoms with Gasteiger partial charge in [-0.1, -0.05) is 0 Å². The van der Waals surface area contributed by atoms with E-state index in [1.807, 2.05) is 19.1 Å². The number of furan rings is 1. The smallest absolute Gasteiger partial charge is 0.315 e. The van der Waals surface area contributed by atoms with Crippen LogP contribution in [0.2, 0.25) is 0 Å². The number of amides is 2. The molecule has 5 nitrogen and oxygen atoms in total. The minimum Gasteiger partial charge on any atom is -0.469 e. The number of hydrogen-bond donors (Lipinski definition) is 2. The summed E-state index contributed by atoms with van der Waals surface area (Å²) in [6.45, 7) is 2.95. The van der Waals surface area contributed by atoms with E-state index in [9.17, 15) is 4.79 Å². The fourth-order valence-electron chi connectivity index (χ4n) is 1.32. The Morgan fingerprint density at radius 2 is 2.44 bits per heavy atom. The van der Waals surface area contributed by atoms with Crippen LogP contribution in [0.25, 0.3) is 0 Å². The first-order valence-corrected chi connectivity index (χ1v) is 5.28. The summed E-state index contributed by atoms with van der Waals surface area (Å²) in [5, 5.41) is 5.50. The summed E-state index contributed by atoms with van der Waals surface area (Å²) in [5.74, 6) is 0.865. The van der Waals surface area contributed by atoms with Gasteiger partial charge in [0, 0.05) is 26.1 Å². The molecule has 0 radical (unpaired) electrons. The first-order valence-electron chi connectivity index (χ1n) is 5.28. The van der Waals surface area contributed by atoms with Crippen molar-refractivity contribution in [2.75, 3.05) is 20.3 Å². The van der Waals surface area contributed by atoms with E-state index >= 15 is 0 Å². The lowest BCUT2D eigenvalue weighted by atomic mass is 10.2. The maximum absolute atomic E-state index is 11.3. The van der Waals surface area contributed by atoms with E-state index < -0.39 is 0 Å². The van der Waals surface area contributed by atoms with Gasteiger partial charge in [-0.2, -0.15) is 0 Å². The van der Waals surface area contributed by atoms with Gasteiger partial charge in [0.1, 0.15) is 5.76 Å². The topological polar surface area (TPSA) is 63.5 Å². The van der Waals surface area contributed by atoms with Crippen molar-refractivity contribution >= 4 is 6.03 Å². The van der Waals surface area contributed by atoms with Gasteiger partial charge >= 0.3 is 6.03 Å². The molecule has 1 aromatic heterocycles. The van der Waals surface area contributed by atoms with Crippen LogP contribution >= 0.6 is 0 Å². The van der Waals surface area contributed by atoms with Crippen molar-refractivity contribution in [3.63, 3.8) is 0 Å². The Hall–Kier alpha value is -1.49. The van der Waals surface area contributed by atoms with Crippen LogP contribution in [0.5, 0.6) is 0 Å². The highest BCUT2D eigenvalue weighted by Crippen LogP contribution is 2.03. The number of ether oxygens (including phenoxy) is 1. The zero-order chi connectivity index (χ0) is 11.8. The summed E-state index contributed by atoms with van der Waals surface area (Å²) in [6.07, 6.45) is 2.31. The molecule has 0 saturated heterocycles. The highest BCUT2D eigenvalue weighted by Gasteiger charge is 2.08. The molecule has 0 spiro atoms. The van der Waals surface area contributed by atoms with Crippen molar-refractivity contribution < 1.29 is 13.9 Å². The average Bonchev–Trinajstić information content (AvgIpc) is 2.70. The van der Waals surface area contributed by atoms with E-state index in [-0.39, 0.29) is 12.1 Å². The Bertz CT molecular complexity index is 298. The van der Waals surface area contributed by atoms with Crippen LogP contribution in [0.1, 0.15) is 12.7 Å². The second-order valence-electron chi connectivity index (χ2n) is 3.58. The molecule has 0 bridgehead atoms. The number of rotatable bonds is 6. The average molecular weight is 226 g/mol. The highest BCUT2D eigenvalue weighted by molar-refractivity contribution is 5.74. The maximum Gasteiger partial charge on any atom is 0.315 e. The number of carbonyl (C=O) groups excluding carboxylic acids is 1. The third-order valence-electron chi connectivity index (χ3n) is 2.06. The first kappa shape index (κ1) is 12.6. The maximum atomic E-state index is 11.3. The van der Waals surface area contributed by atoms with Gasteiger partial charge in [-0.25, -0.2) is 4.79 Å². The SMILES string of the molecule is COCCNC(=O)N[C@@H](C)Cc1ccco1. The summed E-state index contributed by atoms with van der Waals surface area (Å²) in [6, 6.07) is 3.58. The molecule has 0 aliphatic rings. The number of hydrogen-bond acceptors (Lipinski definition) is 3. The van der Waals surface area contributed by atoms with E-state index in [2.05, 4.69) is 10.6 Å². The zero-order valence-electron chi connectivity index (χ0n) is 9.66. The summed E-state index contributed by atoms with van der Waals surface area (Å²) in [5.41, 5.74) is 0. The lowest BCUT2D eigenvalue weighted by Crippen LogP contribution is -2.42. The second kappa shape index (κ2) is 6.90. The largest absolute Gasteiger partial charge is 0.469 e. The number of methoxy groups -OCH3 is 1. The van der Waals surface area contributed by atoms with E-state index in [4.69, 9.17) is 9.15 Å². The van der Waals surface area contributed by atoms with E-state index in [1.54, 1.807) is 13.4 Å². The third kappa shape index (κ3) is 4.84. The monoisotopic (exact) mass is 226 g/mol. The summed E-state index contributed by atoms with van der Waals surface area (Å²) in [4.78, 5) is 11.3. The lowest BCUT2D eigenvalue weighted by molar-refractivity contribution is 0.195. The van der Waals surface area contributed by atoms with Crippen molar-refractivity contribution in [2.45, 2.75) is 19.4 Å². The van der Waals surface area contributed by atoms with Crippen molar-refractivity contribution in [2.24, 2.45) is 0 Å². The van der Waals surface area contributed by atoms with Gasteiger partial charge in [0.15, 0.2) is 0 Å². The van der Waals surface area contributed by atoms with Crippen LogP contribution in [0.15, 0.2) is 22.8 Å². The van der Waals surface area contributed by atoms with Crippen molar-refractivity contribution in [3.8, 4) is 0 Å². The zero-order valence-corrected chi connectivity index (χ0v) is 9.66. The van der Waals surface area contributed by atoms with Gasteiger partial charge in [-0.15, -0.1) is 0 Å². The molecular formula is C11H18N2O3. The van der Waals surface area contributed by atoms with Gasteiger partial charge in [-0.3, -0.25) is 0 Å². The Morgan fingerprint density at radius 3 is 3.06 bits per heavy atom. The molecule has 1 rings (SSSR count). The standard InChI is InChI=1S/C11H18N2O3/c1-9(8-10-4-3-6-16-10)13-11(14)12-5-7-15-2/h3-4,6,9H,5,7-8H2,1-2H3,(H2,12,13,14)/t9-/m0/s1. The summed E-state index contributed by atoms with van der Waals surface area (Å²) >= 11 is 0. The van der Waals surface area contributed by atoms with Crippen LogP contribution < -0.4 is 10.6 Å². The number of nitrogens with one attached hydrogen (secondary N) is 2. The van der Waals surface area contributed by atoms with E-state index in [0.717, 1.165) is 5.76 Å². The van der Waals surface area contributed by atoms with Gasteiger partial charge in [0.25, 0.3) is 0 Å². The van der Waals surface area contributed by atoms with Crippen molar-refractivity contribution in [3.05, 3.63) is 24.2 Å². The fraction of sp³-hybridized carbons (Fsp3) is 0.545. The number of carbonyl (C=O) groups is 1. The van der Waals surface area contributed by atoms with Crippen molar-refractivity contribution in [1.82, 2.24) is 10.6 Å². The molecule has 16 heavy (non-hydrogen) atoms. The predicted molar refractivity (Wildman–Crippen MR) is 60.3 cm³/mol. The molecule has 1 atom stereocenters. The van der Waals surface area contributed by atoms with Crippen LogP contribution in [-0.2, 0) is 11.2 Å². The van der Waals surface area contributed by atoms with Crippen LogP contribution in [0, 0.1) is 0 Å². The molecular weight excluding hydrogens is 208 g/mol. The van der Waals surface area contributed by atoms with Gasteiger partial charge < -0.3 is 19.8 Å². The van der Waals surface area contributed by atoms with E-state index in [0.29, 0.717) is 19.6 Å². The first-order chi connectivity index (χ1) is 7.72. The third-order valence-corrected chi connectivity index (χ3v) is 2.06. The molecule has 5 heteroatoms. The Labute approximate surface area is 95.2 Å². The van der Waals surface area contributed by atoms with Crippen LogP contribution in [-0.4, -0.2) is 32.3 Å². The molecule has 0 saturated carbocycles. The fourth-order valence-corrected chi connectivity index (χ4v) is 1.32. The second-order valence-corrected chi connectivity index (χ2v) is 3.58. The molecule has 1 aromatic rings. The minimum absolute atomic E-state index is 0.0358. The summed E-state index contributed by atoms with van der Waals surface area (Å²) in [7, 11) is 1.60. The summed E-state index contributed by atoms with van der Waals surface area (Å²) < 4.78 is 10.0. The van der Waals surface area contributed by atoms with Crippen LogP contribution in [0.4, 0.5) is 4.79 Å². The Kier molecular flexibility index (Phi) is 5.42. The molecule has 0 aliphatic carbocycles. The van der Waals surface area contributed by atoms with Crippen molar-refractivity contribution in [1.29, 1.82) is 0 Å². The molecule has 90 valence electrons. The molecule has 2 amide bonds. The molecule has 0 aliphatic heterocycles. The molecule has 1 heterocycles. The van der Waals surface area contributed by atoms with Gasteiger partial charge in [0.05, 0.1) is 12.9 Å². The van der Waals surface area contributed by atoms with Gasteiger partial charge in [0.2, 0.25) is 0 Å². The number of urea groups is 1. The molecule has 0 aromatic carbocycles. The molecule has 2 N–H and O–H groups in total. The lowest BCUT2D eigenvalue weighted by Gasteiger charge is -2.13. The molecule has 0 fully saturated rings. The van der Waals surface area contributed by atoms with Crippen LogP contribution in [0.3, 0.4) is 0 Å². The Morgan fingerprint density at radius 1 is 1.62 bits per heavy atom.